The van der Waals surface area contributed by atoms with Crippen molar-refractivity contribution in [1.82, 2.24) is 0 Å². The van der Waals surface area contributed by atoms with Gasteiger partial charge in [-0.1, -0.05) is 49.4 Å². The minimum absolute atomic E-state index is 0.0995. The molecule has 1 aliphatic rings. The Balaban J connectivity index is 2.12. The first-order valence-electron chi connectivity index (χ1n) is 7.08. The molecule has 0 spiro atoms. The molecule has 0 amide bonds. The maximum Gasteiger partial charge on any atom is 0.180 e. The van der Waals surface area contributed by atoms with E-state index in [-0.39, 0.29) is 10.9 Å². The number of hydrogen-bond donors (Lipinski definition) is 0. The zero-order chi connectivity index (χ0) is 13.9. The zero-order valence-electron chi connectivity index (χ0n) is 11.9. The molecule has 20 heavy (non-hydrogen) atoms. The molecule has 0 saturated heterocycles. The number of unbranched alkanes of at least 4 members (excludes halogenated alkanes) is 1. The smallest absolute Gasteiger partial charge is 0.0795 e. The molecule has 0 saturated carbocycles. The van der Waals surface area contributed by atoms with Gasteiger partial charge in [0.2, 0.25) is 0 Å². The van der Waals surface area contributed by atoms with Crippen molar-refractivity contribution < 1.29 is 0 Å². The lowest BCUT2D eigenvalue weighted by Crippen LogP contribution is -2.11. The largest absolute Gasteiger partial charge is 0.180 e. The summed E-state index contributed by atoms with van der Waals surface area (Å²) < 4.78 is 0. The van der Waals surface area contributed by atoms with Gasteiger partial charge in [-0.15, -0.1) is 0 Å². The van der Waals surface area contributed by atoms with Crippen LogP contribution in [0, 0.1) is 0 Å². The van der Waals surface area contributed by atoms with Gasteiger partial charge in [0.25, 0.3) is 0 Å². The summed E-state index contributed by atoms with van der Waals surface area (Å²) in [6.07, 6.45) is 4.81. The van der Waals surface area contributed by atoms with Gasteiger partial charge in [0.05, 0.1) is 20.7 Å². The van der Waals surface area contributed by atoms with E-state index in [0.717, 1.165) is 0 Å². The summed E-state index contributed by atoms with van der Waals surface area (Å²) in [7, 11) is 0.0995. The number of hydrogen-bond acceptors (Lipinski definition) is 1. The van der Waals surface area contributed by atoms with E-state index in [1.807, 2.05) is 11.8 Å². The van der Waals surface area contributed by atoms with E-state index in [2.05, 4.69) is 68.5 Å². The van der Waals surface area contributed by atoms with Crippen LogP contribution in [-0.2, 0) is 10.9 Å². The normalized spacial score (nSPS) is 14.8. The third kappa shape index (κ3) is 2.55. The van der Waals surface area contributed by atoms with Gasteiger partial charge in [-0.3, -0.25) is 0 Å². The molecule has 0 aromatic heterocycles. The van der Waals surface area contributed by atoms with Crippen LogP contribution in [0.5, 0.6) is 0 Å². The lowest BCUT2D eigenvalue weighted by atomic mass is 10.3. The van der Waals surface area contributed by atoms with Gasteiger partial charge in [-0.05, 0) is 36.8 Å². The summed E-state index contributed by atoms with van der Waals surface area (Å²) in [5, 5.41) is 0. The predicted octanol–water partition coefficient (Wildman–Crippen LogP) is 5.89. The van der Waals surface area contributed by atoms with Crippen molar-refractivity contribution in [3.05, 3.63) is 59.5 Å². The Morgan fingerprint density at radius 1 is 1.00 bits per heavy atom. The molecule has 0 radical (unpaired) electrons. The van der Waals surface area contributed by atoms with E-state index in [9.17, 15) is 0 Å². The molecule has 1 heterocycles. The van der Waals surface area contributed by atoms with Crippen molar-refractivity contribution in [2.45, 2.75) is 46.3 Å². The Morgan fingerprint density at radius 2 is 1.55 bits per heavy atom. The fraction of sp³-hybridized carbons (Fsp3) is 0.222. The second-order valence-electron chi connectivity index (χ2n) is 4.91. The topological polar surface area (TPSA) is 0 Å². The highest BCUT2D eigenvalue weighted by Crippen LogP contribution is 2.47. The summed E-state index contributed by atoms with van der Waals surface area (Å²) in [6.45, 7) is 4.54. The summed E-state index contributed by atoms with van der Waals surface area (Å²) in [4.78, 5) is 7.31. The SMILES string of the molecule is CCC/C=C(/C)[S+]1c2ccccc2Sc2ccccc21. The van der Waals surface area contributed by atoms with E-state index in [1.54, 1.807) is 0 Å². The van der Waals surface area contributed by atoms with Crippen molar-refractivity contribution in [2.24, 2.45) is 0 Å². The molecule has 0 nitrogen and oxygen atoms in total. The molecule has 102 valence electrons. The van der Waals surface area contributed by atoms with Crippen LogP contribution in [0.3, 0.4) is 0 Å². The molecule has 3 rings (SSSR count). The third-order valence-electron chi connectivity index (χ3n) is 3.40. The Labute approximate surface area is 128 Å². The predicted molar refractivity (Wildman–Crippen MR) is 89.6 cm³/mol. The summed E-state index contributed by atoms with van der Waals surface area (Å²) in [5.41, 5.74) is 0. The highest BCUT2D eigenvalue weighted by molar-refractivity contribution is 8.05. The summed E-state index contributed by atoms with van der Waals surface area (Å²) >= 11 is 1.91. The van der Waals surface area contributed by atoms with Gasteiger partial charge in [0.15, 0.2) is 9.79 Å². The van der Waals surface area contributed by atoms with Gasteiger partial charge >= 0.3 is 0 Å². The summed E-state index contributed by atoms with van der Waals surface area (Å²) in [6, 6.07) is 17.7. The number of rotatable bonds is 3. The molecule has 2 heteroatoms. The average molecular weight is 299 g/mol. The Hall–Kier alpha value is -1.12. The van der Waals surface area contributed by atoms with Crippen molar-refractivity contribution >= 4 is 22.7 Å². The molecule has 0 atom stereocenters. The first kappa shape index (κ1) is 13.8. The lowest BCUT2D eigenvalue weighted by Gasteiger charge is -2.19. The Morgan fingerprint density at radius 3 is 2.10 bits per heavy atom. The monoisotopic (exact) mass is 299 g/mol. The second-order valence-corrected chi connectivity index (χ2v) is 8.12. The molecule has 1 aliphatic heterocycles. The zero-order valence-corrected chi connectivity index (χ0v) is 13.6. The Kier molecular flexibility index (Phi) is 4.23. The molecule has 2 aromatic rings. The number of benzene rings is 2. The minimum Gasteiger partial charge on any atom is -0.0795 e. The second kappa shape index (κ2) is 6.11. The van der Waals surface area contributed by atoms with Crippen LogP contribution in [0.1, 0.15) is 26.7 Å². The summed E-state index contributed by atoms with van der Waals surface area (Å²) in [5.74, 6) is 0. The fourth-order valence-electron chi connectivity index (χ4n) is 2.42. The molecule has 0 bridgehead atoms. The quantitative estimate of drug-likeness (QED) is 0.637. The van der Waals surface area contributed by atoms with Crippen LogP contribution in [-0.4, -0.2) is 0 Å². The van der Waals surface area contributed by atoms with Crippen LogP contribution in [0.15, 0.2) is 79.1 Å². The number of allylic oxidation sites excluding steroid dienone is 2. The van der Waals surface area contributed by atoms with Crippen LogP contribution in [0.25, 0.3) is 0 Å². The fourth-order valence-corrected chi connectivity index (χ4v) is 6.22. The van der Waals surface area contributed by atoms with Crippen LogP contribution < -0.4 is 0 Å². The van der Waals surface area contributed by atoms with E-state index in [1.165, 1.54) is 37.3 Å². The average Bonchev–Trinajstić information content (AvgIpc) is 2.50. The van der Waals surface area contributed by atoms with Gasteiger partial charge in [0.1, 0.15) is 4.91 Å². The van der Waals surface area contributed by atoms with Crippen molar-refractivity contribution in [3.8, 4) is 0 Å². The van der Waals surface area contributed by atoms with Crippen LogP contribution >= 0.6 is 11.8 Å². The minimum atomic E-state index is 0.0995. The molecule has 0 N–H and O–H groups in total. The number of fused-ring (bicyclic) bond motifs is 2. The van der Waals surface area contributed by atoms with Crippen LogP contribution in [0.2, 0.25) is 0 Å². The maximum absolute atomic E-state index is 2.42. The molecule has 0 unspecified atom stereocenters. The van der Waals surface area contributed by atoms with Crippen molar-refractivity contribution in [3.63, 3.8) is 0 Å². The van der Waals surface area contributed by atoms with Gasteiger partial charge < -0.3 is 0 Å². The van der Waals surface area contributed by atoms with Crippen molar-refractivity contribution in [2.75, 3.05) is 0 Å². The van der Waals surface area contributed by atoms with Gasteiger partial charge in [-0.2, -0.15) is 0 Å². The molecule has 0 aliphatic carbocycles. The molecular formula is C18H19S2+. The highest BCUT2D eigenvalue weighted by atomic mass is 32.2. The lowest BCUT2D eigenvalue weighted by molar-refractivity contribution is 0.954. The van der Waals surface area contributed by atoms with Gasteiger partial charge in [-0.25, -0.2) is 0 Å². The van der Waals surface area contributed by atoms with Crippen molar-refractivity contribution in [1.29, 1.82) is 0 Å². The molecule has 2 aromatic carbocycles. The Bertz CT molecular complexity index is 598. The molecule has 0 fully saturated rings. The maximum atomic E-state index is 2.42. The van der Waals surface area contributed by atoms with E-state index in [4.69, 9.17) is 0 Å². The first-order valence-corrected chi connectivity index (χ1v) is 9.12. The highest BCUT2D eigenvalue weighted by Gasteiger charge is 2.37. The standard InChI is InChI=1S/C18H19S2/c1-3-4-9-14(2)20-17-12-7-5-10-15(17)19-16-11-6-8-13-18(16)20/h5-13H,3-4H2,1-2H3/q+1/b14-9-. The van der Waals surface area contributed by atoms with E-state index < -0.39 is 0 Å². The van der Waals surface area contributed by atoms with Crippen LogP contribution in [0.4, 0.5) is 0 Å². The molecular weight excluding hydrogens is 280 g/mol. The van der Waals surface area contributed by atoms with E-state index >= 15 is 0 Å². The third-order valence-corrected chi connectivity index (χ3v) is 7.21. The first-order chi connectivity index (χ1) is 9.81. The van der Waals surface area contributed by atoms with Gasteiger partial charge in [0, 0.05) is 6.92 Å². The van der Waals surface area contributed by atoms with E-state index in [0.29, 0.717) is 0 Å².